The molecular weight excluding hydrogens is 257 g/mol. The fourth-order valence-electron chi connectivity index (χ4n) is 2.53. The average molecular weight is 281 g/mol. The molecule has 1 unspecified atom stereocenters. The fraction of sp³-hybridized carbons (Fsp3) is 0.625. The van der Waals surface area contributed by atoms with Crippen molar-refractivity contribution in [2.75, 3.05) is 18.5 Å². The van der Waals surface area contributed by atoms with Crippen molar-refractivity contribution in [3.63, 3.8) is 0 Å². The van der Waals surface area contributed by atoms with Gasteiger partial charge in [0.2, 0.25) is 0 Å². The summed E-state index contributed by atoms with van der Waals surface area (Å²) in [5.74, 6) is 0.490. The average Bonchev–Trinajstić information content (AvgIpc) is 2.46. The minimum absolute atomic E-state index is 0.273. The first-order valence-electron chi connectivity index (χ1n) is 7.43. The van der Waals surface area contributed by atoms with Gasteiger partial charge in [0.1, 0.15) is 5.82 Å². The molecule has 20 heavy (non-hydrogen) atoms. The second-order valence-electron chi connectivity index (χ2n) is 5.73. The Balaban J connectivity index is 1.65. The summed E-state index contributed by atoms with van der Waals surface area (Å²) in [4.78, 5) is 0. The molecular formula is C16H24FNO2. The summed E-state index contributed by atoms with van der Waals surface area (Å²) >= 11 is 0. The number of anilines is 1. The van der Waals surface area contributed by atoms with E-state index in [0.717, 1.165) is 18.8 Å². The number of halogens is 1. The first-order valence-corrected chi connectivity index (χ1v) is 7.43. The normalized spacial score (nSPS) is 24.4. The van der Waals surface area contributed by atoms with Crippen molar-refractivity contribution in [3.05, 3.63) is 30.1 Å². The summed E-state index contributed by atoms with van der Waals surface area (Å²) in [6, 6.07) is 6.46. The van der Waals surface area contributed by atoms with Crippen molar-refractivity contribution < 1.29 is 14.2 Å². The second-order valence-corrected chi connectivity index (χ2v) is 5.73. The van der Waals surface area contributed by atoms with E-state index in [9.17, 15) is 9.50 Å². The van der Waals surface area contributed by atoms with Gasteiger partial charge < -0.3 is 15.2 Å². The smallest absolute Gasteiger partial charge is 0.146 e. The van der Waals surface area contributed by atoms with Crippen LogP contribution in [0, 0.1) is 11.7 Å². The molecule has 1 aliphatic carbocycles. The van der Waals surface area contributed by atoms with E-state index in [-0.39, 0.29) is 11.9 Å². The lowest BCUT2D eigenvalue weighted by Gasteiger charge is -2.27. The number of aliphatic hydroxyl groups is 1. The molecule has 0 aliphatic heterocycles. The predicted molar refractivity (Wildman–Crippen MR) is 78.3 cm³/mol. The van der Waals surface area contributed by atoms with Crippen LogP contribution in [-0.2, 0) is 4.74 Å². The summed E-state index contributed by atoms with van der Waals surface area (Å²) in [6.45, 7) is 2.87. The van der Waals surface area contributed by atoms with Crippen LogP contribution in [0.2, 0.25) is 0 Å². The van der Waals surface area contributed by atoms with E-state index in [4.69, 9.17) is 4.74 Å². The van der Waals surface area contributed by atoms with Gasteiger partial charge in [0, 0.05) is 6.54 Å². The number of rotatable bonds is 6. The summed E-state index contributed by atoms with van der Waals surface area (Å²) < 4.78 is 19.1. The van der Waals surface area contributed by atoms with Crippen molar-refractivity contribution in [1.29, 1.82) is 0 Å². The maximum atomic E-state index is 13.4. The van der Waals surface area contributed by atoms with Gasteiger partial charge in [0.05, 0.1) is 24.5 Å². The summed E-state index contributed by atoms with van der Waals surface area (Å²) in [7, 11) is 0. The topological polar surface area (TPSA) is 41.5 Å². The highest BCUT2D eigenvalue weighted by Crippen LogP contribution is 2.25. The Morgan fingerprint density at radius 1 is 1.30 bits per heavy atom. The van der Waals surface area contributed by atoms with E-state index in [1.54, 1.807) is 18.2 Å². The molecule has 112 valence electrons. The van der Waals surface area contributed by atoms with Crippen LogP contribution >= 0.6 is 0 Å². The van der Waals surface area contributed by atoms with Gasteiger partial charge >= 0.3 is 0 Å². The van der Waals surface area contributed by atoms with Crippen LogP contribution in [0.4, 0.5) is 10.1 Å². The third-order valence-corrected chi connectivity index (χ3v) is 3.89. The van der Waals surface area contributed by atoms with E-state index >= 15 is 0 Å². The van der Waals surface area contributed by atoms with Gasteiger partial charge in [-0.1, -0.05) is 19.1 Å². The van der Waals surface area contributed by atoms with Crippen LogP contribution in [0.1, 0.15) is 32.6 Å². The second kappa shape index (κ2) is 7.60. The van der Waals surface area contributed by atoms with Crippen LogP contribution in [0.3, 0.4) is 0 Å². The van der Waals surface area contributed by atoms with Gasteiger partial charge in [0.25, 0.3) is 0 Å². The molecule has 1 atom stereocenters. The lowest BCUT2D eigenvalue weighted by Crippen LogP contribution is -2.29. The van der Waals surface area contributed by atoms with E-state index in [2.05, 4.69) is 12.2 Å². The number of para-hydroxylation sites is 1. The number of hydrogen-bond acceptors (Lipinski definition) is 3. The van der Waals surface area contributed by atoms with Gasteiger partial charge in [-0.3, -0.25) is 0 Å². The molecule has 0 aromatic heterocycles. The molecule has 1 aromatic rings. The highest BCUT2D eigenvalue weighted by atomic mass is 19.1. The lowest BCUT2D eigenvalue weighted by molar-refractivity contribution is -0.0245. The van der Waals surface area contributed by atoms with Gasteiger partial charge in [-0.15, -0.1) is 0 Å². The zero-order valence-corrected chi connectivity index (χ0v) is 12.0. The standard InChI is InChI=1S/C16H24FNO2/c1-12-6-8-14(9-7-12)20-11-13(19)10-18-16-5-3-2-4-15(16)17/h2-5,12-14,18-19H,6-11H2,1H3. The third kappa shape index (κ3) is 4.76. The molecule has 1 fully saturated rings. The van der Waals surface area contributed by atoms with Gasteiger partial charge in [-0.2, -0.15) is 0 Å². The molecule has 0 radical (unpaired) electrons. The minimum atomic E-state index is -0.617. The van der Waals surface area contributed by atoms with Crippen LogP contribution < -0.4 is 5.32 Å². The predicted octanol–water partition coefficient (Wildman–Crippen LogP) is 3.19. The van der Waals surface area contributed by atoms with Crippen LogP contribution in [0.25, 0.3) is 0 Å². The van der Waals surface area contributed by atoms with Crippen LogP contribution in [-0.4, -0.2) is 30.5 Å². The zero-order chi connectivity index (χ0) is 14.4. The molecule has 1 aromatic carbocycles. The molecule has 3 nitrogen and oxygen atoms in total. The number of nitrogens with one attached hydrogen (secondary N) is 1. The number of hydrogen-bond donors (Lipinski definition) is 2. The van der Waals surface area contributed by atoms with Crippen molar-refractivity contribution in [2.45, 2.75) is 44.8 Å². The largest absolute Gasteiger partial charge is 0.389 e. The molecule has 1 saturated carbocycles. The Bertz CT molecular complexity index is 405. The van der Waals surface area contributed by atoms with Crippen molar-refractivity contribution >= 4 is 5.69 Å². The van der Waals surface area contributed by atoms with Gasteiger partial charge in [-0.05, 0) is 43.7 Å². The Morgan fingerprint density at radius 2 is 2.00 bits per heavy atom. The highest BCUT2D eigenvalue weighted by Gasteiger charge is 2.19. The molecule has 0 amide bonds. The maximum Gasteiger partial charge on any atom is 0.146 e. The van der Waals surface area contributed by atoms with Crippen molar-refractivity contribution in [2.24, 2.45) is 5.92 Å². The maximum absolute atomic E-state index is 13.4. The quantitative estimate of drug-likeness (QED) is 0.841. The highest BCUT2D eigenvalue weighted by molar-refractivity contribution is 5.44. The molecule has 0 bridgehead atoms. The monoisotopic (exact) mass is 281 g/mol. The van der Waals surface area contributed by atoms with Crippen molar-refractivity contribution in [1.82, 2.24) is 0 Å². The fourth-order valence-corrected chi connectivity index (χ4v) is 2.53. The third-order valence-electron chi connectivity index (χ3n) is 3.89. The summed E-state index contributed by atoms with van der Waals surface area (Å²) in [5, 5.41) is 12.8. The lowest BCUT2D eigenvalue weighted by atomic mass is 9.89. The molecule has 2 N–H and O–H groups in total. The molecule has 4 heteroatoms. The SMILES string of the molecule is CC1CCC(OCC(O)CNc2ccccc2F)CC1. The minimum Gasteiger partial charge on any atom is -0.389 e. The Kier molecular flexibility index (Phi) is 5.80. The number of benzene rings is 1. The van der Waals surface area contributed by atoms with E-state index in [1.165, 1.54) is 18.9 Å². The Morgan fingerprint density at radius 3 is 2.70 bits per heavy atom. The van der Waals surface area contributed by atoms with Crippen molar-refractivity contribution in [3.8, 4) is 0 Å². The summed E-state index contributed by atoms with van der Waals surface area (Å²) in [5.41, 5.74) is 0.415. The van der Waals surface area contributed by atoms with E-state index in [1.807, 2.05) is 0 Å². The molecule has 0 spiro atoms. The Labute approximate surface area is 120 Å². The first-order chi connectivity index (χ1) is 9.65. The summed E-state index contributed by atoms with van der Waals surface area (Å²) in [6.07, 6.45) is 4.22. The number of ether oxygens (including phenoxy) is 1. The molecule has 1 aliphatic rings. The molecule has 0 heterocycles. The van der Waals surface area contributed by atoms with Crippen LogP contribution in [0.5, 0.6) is 0 Å². The molecule has 2 rings (SSSR count). The first kappa shape index (κ1) is 15.3. The van der Waals surface area contributed by atoms with Crippen LogP contribution in [0.15, 0.2) is 24.3 Å². The van der Waals surface area contributed by atoms with Gasteiger partial charge in [-0.25, -0.2) is 4.39 Å². The van der Waals surface area contributed by atoms with E-state index in [0.29, 0.717) is 18.8 Å². The van der Waals surface area contributed by atoms with E-state index < -0.39 is 6.10 Å². The molecule has 0 saturated heterocycles. The number of aliphatic hydroxyl groups excluding tert-OH is 1. The van der Waals surface area contributed by atoms with Gasteiger partial charge in [0.15, 0.2) is 0 Å². The Hall–Kier alpha value is -1.13. The zero-order valence-electron chi connectivity index (χ0n) is 12.0.